The minimum absolute atomic E-state index is 0.139. The molecule has 0 radical (unpaired) electrons. The normalized spacial score (nSPS) is 18.8. The van der Waals surface area contributed by atoms with E-state index >= 15 is 0 Å². The van der Waals surface area contributed by atoms with Crippen molar-refractivity contribution < 1.29 is 14.3 Å². The summed E-state index contributed by atoms with van der Waals surface area (Å²) in [6, 6.07) is 16.1. The molecule has 2 N–H and O–H groups in total. The first-order valence-corrected chi connectivity index (χ1v) is 14.2. The maximum Gasteiger partial charge on any atom is 0.410 e. The number of H-pyrrole nitrogens is 1. The quantitative estimate of drug-likeness (QED) is 0.361. The number of aromatic nitrogens is 2. The number of ether oxygens (including phenoxy) is 1. The molecule has 7 nitrogen and oxygen atoms in total. The fraction of sp³-hybridized carbons (Fsp3) is 0.469. The second-order valence-electron chi connectivity index (χ2n) is 11.9. The molecule has 7 heteroatoms. The summed E-state index contributed by atoms with van der Waals surface area (Å²) >= 11 is 0. The molecule has 1 aliphatic heterocycles. The smallest absolute Gasteiger partial charge is 0.410 e. The van der Waals surface area contributed by atoms with Gasteiger partial charge >= 0.3 is 6.09 Å². The molecule has 2 atom stereocenters. The van der Waals surface area contributed by atoms with Gasteiger partial charge in [-0.05, 0) is 75.6 Å². The molecule has 206 valence electrons. The van der Waals surface area contributed by atoms with Crippen LogP contribution in [0.25, 0.3) is 22.4 Å². The minimum atomic E-state index is -0.590. The summed E-state index contributed by atoms with van der Waals surface area (Å²) < 4.78 is 5.50. The Bertz CT molecular complexity index is 1280. The van der Waals surface area contributed by atoms with Crippen LogP contribution < -0.4 is 5.32 Å². The Morgan fingerprint density at radius 3 is 2.21 bits per heavy atom. The number of rotatable bonds is 6. The van der Waals surface area contributed by atoms with Crippen LogP contribution in [0, 0.1) is 0 Å². The highest BCUT2D eigenvalue weighted by Gasteiger charge is 2.37. The maximum absolute atomic E-state index is 13.1. The van der Waals surface area contributed by atoms with Crippen molar-refractivity contribution in [2.75, 3.05) is 6.54 Å². The predicted molar refractivity (Wildman–Crippen MR) is 153 cm³/mol. The summed E-state index contributed by atoms with van der Waals surface area (Å²) in [6.07, 6.45) is 8.02. The van der Waals surface area contributed by atoms with Crippen LogP contribution in [0.5, 0.6) is 0 Å². The molecule has 2 aliphatic rings. The first-order chi connectivity index (χ1) is 18.7. The van der Waals surface area contributed by atoms with E-state index in [9.17, 15) is 9.59 Å². The molecule has 2 heterocycles. The van der Waals surface area contributed by atoms with Gasteiger partial charge in [0.2, 0.25) is 5.91 Å². The minimum Gasteiger partial charge on any atom is -0.444 e. The fourth-order valence-electron chi connectivity index (χ4n) is 5.67. The SMILES string of the molecule is C[C@H](NC(=O)[C@@H]1CCCN1C(=O)OC(C)(C)C)c1ccc(-c2ccc(-c3cnc(C4CCCC4)[nH]3)cc2)cc1. The van der Waals surface area contributed by atoms with E-state index in [-0.39, 0.29) is 11.9 Å². The third-order valence-corrected chi connectivity index (χ3v) is 7.82. The molecule has 5 rings (SSSR count). The van der Waals surface area contributed by atoms with Crippen molar-refractivity contribution >= 4 is 12.0 Å². The molecule has 1 aromatic heterocycles. The van der Waals surface area contributed by atoms with E-state index in [0.29, 0.717) is 18.9 Å². The average molecular weight is 529 g/mol. The van der Waals surface area contributed by atoms with Crippen LogP contribution in [0.2, 0.25) is 0 Å². The fourth-order valence-corrected chi connectivity index (χ4v) is 5.67. The maximum atomic E-state index is 13.1. The summed E-state index contributed by atoms with van der Waals surface area (Å²) in [5.74, 6) is 1.56. The van der Waals surface area contributed by atoms with Gasteiger partial charge in [0, 0.05) is 12.5 Å². The summed E-state index contributed by atoms with van der Waals surface area (Å²) in [6.45, 7) is 8.02. The van der Waals surface area contributed by atoms with Crippen molar-refractivity contribution in [3.8, 4) is 22.4 Å². The number of nitrogens with zero attached hydrogens (tertiary/aromatic N) is 2. The highest BCUT2D eigenvalue weighted by atomic mass is 16.6. The topological polar surface area (TPSA) is 87.3 Å². The van der Waals surface area contributed by atoms with Gasteiger partial charge in [0.25, 0.3) is 0 Å². The molecule has 39 heavy (non-hydrogen) atoms. The van der Waals surface area contributed by atoms with Crippen LogP contribution >= 0.6 is 0 Å². The second-order valence-corrected chi connectivity index (χ2v) is 11.9. The zero-order chi connectivity index (χ0) is 27.6. The Morgan fingerprint density at radius 1 is 0.949 bits per heavy atom. The van der Waals surface area contributed by atoms with Gasteiger partial charge in [-0.1, -0.05) is 61.4 Å². The number of carbonyl (C=O) groups excluding carboxylic acids is 2. The molecule has 0 unspecified atom stereocenters. The highest BCUT2D eigenvalue weighted by Crippen LogP contribution is 2.34. The Hall–Kier alpha value is -3.61. The Labute approximate surface area is 231 Å². The van der Waals surface area contributed by atoms with Crippen molar-refractivity contribution in [1.29, 1.82) is 0 Å². The number of imidazole rings is 1. The van der Waals surface area contributed by atoms with Crippen LogP contribution in [-0.4, -0.2) is 45.1 Å². The van der Waals surface area contributed by atoms with E-state index in [1.165, 1.54) is 25.7 Å². The van der Waals surface area contributed by atoms with Crippen molar-refractivity contribution in [1.82, 2.24) is 20.2 Å². The Balaban J connectivity index is 1.19. The number of hydrogen-bond donors (Lipinski definition) is 2. The number of benzene rings is 2. The molecule has 2 amide bonds. The molecule has 3 aromatic rings. The van der Waals surface area contributed by atoms with Crippen LogP contribution in [0.3, 0.4) is 0 Å². The van der Waals surface area contributed by atoms with Gasteiger partial charge in [0.15, 0.2) is 0 Å². The summed E-state index contributed by atoms with van der Waals surface area (Å²) in [5.41, 5.74) is 4.88. The number of amides is 2. The molecule has 2 aromatic carbocycles. The lowest BCUT2D eigenvalue weighted by Gasteiger charge is -2.28. The van der Waals surface area contributed by atoms with Gasteiger partial charge in [-0.25, -0.2) is 9.78 Å². The predicted octanol–water partition coefficient (Wildman–Crippen LogP) is 6.98. The number of hydrogen-bond acceptors (Lipinski definition) is 4. The van der Waals surface area contributed by atoms with Crippen molar-refractivity contribution in [3.63, 3.8) is 0 Å². The van der Waals surface area contributed by atoms with Gasteiger partial charge in [-0.2, -0.15) is 0 Å². The van der Waals surface area contributed by atoms with E-state index in [0.717, 1.165) is 40.2 Å². The molecule has 2 fully saturated rings. The molecule has 1 aliphatic carbocycles. The molecular weight excluding hydrogens is 488 g/mol. The van der Waals surface area contributed by atoms with E-state index in [2.05, 4.69) is 63.8 Å². The highest BCUT2D eigenvalue weighted by molar-refractivity contribution is 5.86. The lowest BCUT2D eigenvalue weighted by Crippen LogP contribution is -2.48. The van der Waals surface area contributed by atoms with E-state index in [1.807, 2.05) is 33.9 Å². The lowest BCUT2D eigenvalue weighted by atomic mass is 10.00. The molecule has 0 spiro atoms. The zero-order valence-corrected chi connectivity index (χ0v) is 23.5. The number of likely N-dealkylation sites (tertiary alicyclic amines) is 1. The molecule has 0 bridgehead atoms. The summed E-state index contributed by atoms with van der Waals surface area (Å²) in [7, 11) is 0. The van der Waals surface area contributed by atoms with Crippen molar-refractivity contribution in [2.45, 2.75) is 89.8 Å². The van der Waals surface area contributed by atoms with E-state index < -0.39 is 17.7 Å². The molecule has 1 saturated heterocycles. The zero-order valence-electron chi connectivity index (χ0n) is 23.5. The third-order valence-electron chi connectivity index (χ3n) is 7.82. The average Bonchev–Trinajstić information content (AvgIpc) is 3.69. The standard InChI is InChI=1S/C32H40N4O3/c1-21(34-30(37)28-10-7-19-36(28)31(38)39-32(2,3)4)22-11-13-23(14-12-22)24-15-17-25(18-16-24)27-20-33-29(35-27)26-8-5-6-9-26/h11-18,20-21,26,28H,5-10,19H2,1-4H3,(H,33,35)(H,34,37)/t21-,28-/m0/s1. The van der Waals surface area contributed by atoms with Crippen LogP contribution in [0.15, 0.2) is 54.7 Å². The largest absolute Gasteiger partial charge is 0.444 e. The Kier molecular flexibility index (Phi) is 7.78. The first kappa shape index (κ1) is 27.0. The van der Waals surface area contributed by atoms with E-state index in [4.69, 9.17) is 4.74 Å². The van der Waals surface area contributed by atoms with Crippen molar-refractivity contribution in [2.24, 2.45) is 0 Å². The molecular formula is C32H40N4O3. The third kappa shape index (κ3) is 6.35. The van der Waals surface area contributed by atoms with E-state index in [1.54, 1.807) is 4.90 Å². The van der Waals surface area contributed by atoms with Gasteiger partial charge in [-0.15, -0.1) is 0 Å². The van der Waals surface area contributed by atoms with Gasteiger partial charge in [-0.3, -0.25) is 9.69 Å². The monoisotopic (exact) mass is 528 g/mol. The second kappa shape index (κ2) is 11.2. The summed E-state index contributed by atoms with van der Waals surface area (Å²) in [5, 5.41) is 3.09. The van der Waals surface area contributed by atoms with Gasteiger partial charge < -0.3 is 15.0 Å². The van der Waals surface area contributed by atoms with Crippen LogP contribution in [-0.2, 0) is 9.53 Å². The molecule has 1 saturated carbocycles. The van der Waals surface area contributed by atoms with Crippen LogP contribution in [0.4, 0.5) is 4.79 Å². The Morgan fingerprint density at radius 2 is 1.56 bits per heavy atom. The van der Waals surface area contributed by atoms with Crippen molar-refractivity contribution in [3.05, 3.63) is 66.1 Å². The lowest BCUT2D eigenvalue weighted by molar-refractivity contribution is -0.126. The first-order valence-electron chi connectivity index (χ1n) is 14.2. The summed E-state index contributed by atoms with van der Waals surface area (Å²) in [4.78, 5) is 35.4. The van der Waals surface area contributed by atoms with Gasteiger partial charge in [0.05, 0.1) is 17.9 Å². The van der Waals surface area contributed by atoms with Crippen LogP contribution in [0.1, 0.15) is 89.6 Å². The number of carbonyl (C=O) groups is 2. The number of nitrogens with one attached hydrogen (secondary N) is 2. The number of aromatic amines is 1. The van der Waals surface area contributed by atoms with Gasteiger partial charge in [0.1, 0.15) is 17.5 Å².